The minimum absolute atomic E-state index is 0.0284. The summed E-state index contributed by atoms with van der Waals surface area (Å²) < 4.78 is 13.5. The molecule has 5 nitrogen and oxygen atoms in total. The van der Waals surface area contributed by atoms with Gasteiger partial charge in [-0.05, 0) is 44.2 Å². The molecule has 3 atom stereocenters. The largest absolute Gasteiger partial charge is 0.368 e. The summed E-state index contributed by atoms with van der Waals surface area (Å²) in [6, 6.07) is 6.49. The zero-order chi connectivity index (χ0) is 16.8. The van der Waals surface area contributed by atoms with Crippen LogP contribution in [-0.4, -0.2) is 15.0 Å². The quantitative estimate of drug-likeness (QED) is 0.908. The van der Waals surface area contributed by atoms with Gasteiger partial charge in [-0.2, -0.15) is 15.0 Å². The van der Waals surface area contributed by atoms with Crippen molar-refractivity contribution >= 4 is 11.9 Å². The fourth-order valence-corrected chi connectivity index (χ4v) is 3.22. The first-order chi connectivity index (χ1) is 10.8. The zero-order valence-electron chi connectivity index (χ0n) is 13.9. The van der Waals surface area contributed by atoms with Gasteiger partial charge in [0.25, 0.3) is 0 Å². The molecule has 0 amide bonds. The molecule has 1 heterocycles. The molecule has 0 fully saturated rings. The van der Waals surface area contributed by atoms with Crippen molar-refractivity contribution < 1.29 is 4.39 Å². The molecule has 0 spiro atoms. The molecule has 122 valence electrons. The second-order valence-corrected chi connectivity index (χ2v) is 6.58. The Balaban J connectivity index is 2.01. The van der Waals surface area contributed by atoms with Crippen molar-refractivity contribution in [3.8, 4) is 0 Å². The summed E-state index contributed by atoms with van der Waals surface area (Å²) in [7, 11) is 0. The lowest BCUT2D eigenvalue weighted by molar-refractivity contribution is 0.354. The van der Waals surface area contributed by atoms with Crippen LogP contribution in [0.5, 0.6) is 0 Å². The van der Waals surface area contributed by atoms with Crippen LogP contribution in [0.1, 0.15) is 49.5 Å². The Bertz CT molecular complexity index is 746. The summed E-state index contributed by atoms with van der Waals surface area (Å²) in [5, 5.41) is 3.38. The summed E-state index contributed by atoms with van der Waals surface area (Å²) in [5.41, 5.74) is 9.13. The zero-order valence-corrected chi connectivity index (χ0v) is 13.9. The van der Waals surface area contributed by atoms with Crippen LogP contribution < -0.4 is 11.1 Å². The molecule has 0 saturated heterocycles. The fourth-order valence-electron chi connectivity index (χ4n) is 3.22. The highest BCUT2D eigenvalue weighted by atomic mass is 19.1. The molecule has 0 bridgehead atoms. The second-order valence-electron chi connectivity index (χ2n) is 6.58. The molecule has 1 aliphatic carbocycles. The van der Waals surface area contributed by atoms with Gasteiger partial charge in [0.15, 0.2) is 12.0 Å². The van der Waals surface area contributed by atoms with Crippen molar-refractivity contribution in [2.45, 2.75) is 45.8 Å². The first-order valence-electron chi connectivity index (χ1n) is 7.83. The van der Waals surface area contributed by atoms with E-state index in [1.165, 1.54) is 23.6 Å². The molecule has 23 heavy (non-hydrogen) atoms. The average molecular weight is 315 g/mol. The fraction of sp³-hybridized carbons (Fsp3) is 0.471. The number of aromatic nitrogens is 3. The maximum Gasteiger partial charge on any atom is 0.228 e. The lowest BCUT2D eigenvalue weighted by atomic mass is 9.86. The smallest absolute Gasteiger partial charge is 0.228 e. The van der Waals surface area contributed by atoms with Crippen molar-refractivity contribution in [3.63, 3.8) is 0 Å². The molecule has 0 aliphatic heterocycles. The van der Waals surface area contributed by atoms with Crippen LogP contribution in [0.25, 0.3) is 0 Å². The first kappa shape index (κ1) is 15.6. The van der Waals surface area contributed by atoms with Gasteiger partial charge in [0.1, 0.15) is 0 Å². The van der Waals surface area contributed by atoms with E-state index in [9.17, 15) is 4.39 Å². The van der Waals surface area contributed by atoms with Crippen LogP contribution in [0.3, 0.4) is 0 Å². The predicted octanol–water partition coefficient (Wildman–Crippen LogP) is 3.31. The number of hydrogen-bond acceptors (Lipinski definition) is 5. The predicted molar refractivity (Wildman–Crippen MR) is 88.8 cm³/mol. The Morgan fingerprint density at radius 3 is 2.78 bits per heavy atom. The Labute approximate surface area is 135 Å². The molecule has 1 aromatic heterocycles. The summed E-state index contributed by atoms with van der Waals surface area (Å²) in [4.78, 5) is 12.2. The summed E-state index contributed by atoms with van der Waals surface area (Å²) in [6.45, 7) is 7.78. The van der Waals surface area contributed by atoms with Crippen LogP contribution in [0.4, 0.5) is 16.3 Å². The minimum Gasteiger partial charge on any atom is -0.368 e. The Morgan fingerprint density at radius 1 is 1.35 bits per heavy atom. The third-order valence-electron chi connectivity index (χ3n) is 4.73. The monoisotopic (exact) mass is 315 g/mol. The molecule has 0 saturated carbocycles. The van der Waals surface area contributed by atoms with Crippen molar-refractivity contribution in [2.75, 3.05) is 11.1 Å². The van der Waals surface area contributed by atoms with Crippen LogP contribution in [0.2, 0.25) is 0 Å². The summed E-state index contributed by atoms with van der Waals surface area (Å²) in [5.74, 6) is 0.753. The molecule has 6 heteroatoms. The number of halogens is 1. The molecular weight excluding hydrogens is 293 g/mol. The third-order valence-corrected chi connectivity index (χ3v) is 4.73. The highest BCUT2D eigenvalue weighted by Gasteiger charge is 2.41. The van der Waals surface area contributed by atoms with Crippen LogP contribution in [0.15, 0.2) is 18.2 Å². The Kier molecular flexibility index (Phi) is 3.70. The number of rotatable bonds is 3. The Hall–Kier alpha value is -2.24. The SMILES string of the molecule is Cc1ccc2c(c1)[C@](C)(Nc1nc(N)nc([C@@H](C)F)n1)[C@@H](C)C2. The van der Waals surface area contributed by atoms with E-state index in [0.29, 0.717) is 11.9 Å². The molecule has 2 aromatic rings. The number of alkyl halides is 1. The molecular formula is C17H22FN5. The van der Waals surface area contributed by atoms with Crippen molar-refractivity contribution in [2.24, 2.45) is 5.92 Å². The topological polar surface area (TPSA) is 76.7 Å². The van der Waals surface area contributed by atoms with Gasteiger partial charge in [-0.1, -0.05) is 30.7 Å². The number of nitrogen functional groups attached to an aromatic ring is 1. The maximum absolute atomic E-state index is 13.5. The van der Waals surface area contributed by atoms with Crippen molar-refractivity contribution in [1.29, 1.82) is 0 Å². The second kappa shape index (κ2) is 5.44. The van der Waals surface area contributed by atoms with E-state index in [1.807, 2.05) is 0 Å². The standard InChI is InChI=1S/C17H22FN5/c1-9-5-6-12-8-10(2)17(4,13(12)7-9)23-16-21-14(11(3)18)20-15(19)22-16/h5-7,10-11H,8H2,1-4H3,(H3,19,20,21,22,23)/t10-,11+,17+/m0/s1. The normalized spacial score (nSPS) is 24.3. The van der Waals surface area contributed by atoms with Gasteiger partial charge in [-0.3, -0.25) is 0 Å². The van der Waals surface area contributed by atoms with Gasteiger partial charge in [-0.25, -0.2) is 4.39 Å². The molecule has 0 radical (unpaired) electrons. The van der Waals surface area contributed by atoms with E-state index in [2.05, 4.69) is 59.2 Å². The molecule has 0 unspecified atom stereocenters. The van der Waals surface area contributed by atoms with Gasteiger partial charge < -0.3 is 11.1 Å². The highest BCUT2D eigenvalue weighted by molar-refractivity contribution is 5.48. The number of nitrogens with two attached hydrogens (primary N) is 1. The number of aryl methyl sites for hydroxylation is 1. The average Bonchev–Trinajstić information content (AvgIpc) is 2.70. The van der Waals surface area contributed by atoms with E-state index >= 15 is 0 Å². The number of anilines is 2. The molecule has 3 N–H and O–H groups in total. The van der Waals surface area contributed by atoms with Gasteiger partial charge in [-0.15, -0.1) is 0 Å². The Morgan fingerprint density at radius 2 is 2.09 bits per heavy atom. The molecule has 1 aromatic carbocycles. The number of nitrogens with one attached hydrogen (secondary N) is 1. The van der Waals surface area contributed by atoms with Crippen LogP contribution >= 0.6 is 0 Å². The summed E-state index contributed by atoms with van der Waals surface area (Å²) in [6.07, 6.45) is -0.310. The van der Waals surface area contributed by atoms with Gasteiger partial charge in [0.05, 0.1) is 5.54 Å². The molecule has 1 aliphatic rings. The van der Waals surface area contributed by atoms with Gasteiger partial charge >= 0.3 is 0 Å². The number of hydrogen-bond donors (Lipinski definition) is 2. The van der Waals surface area contributed by atoms with E-state index in [4.69, 9.17) is 5.73 Å². The number of fused-ring (bicyclic) bond motifs is 1. The van der Waals surface area contributed by atoms with E-state index in [0.717, 1.165) is 6.42 Å². The number of nitrogens with zero attached hydrogens (tertiary/aromatic N) is 3. The van der Waals surface area contributed by atoms with E-state index < -0.39 is 6.17 Å². The highest BCUT2D eigenvalue weighted by Crippen LogP contribution is 2.43. The van der Waals surface area contributed by atoms with Crippen LogP contribution in [0, 0.1) is 12.8 Å². The van der Waals surface area contributed by atoms with Crippen LogP contribution in [-0.2, 0) is 12.0 Å². The maximum atomic E-state index is 13.5. The minimum atomic E-state index is -1.29. The summed E-state index contributed by atoms with van der Waals surface area (Å²) >= 11 is 0. The van der Waals surface area contributed by atoms with Gasteiger partial charge in [0.2, 0.25) is 11.9 Å². The van der Waals surface area contributed by atoms with Crippen molar-refractivity contribution in [1.82, 2.24) is 15.0 Å². The van der Waals surface area contributed by atoms with Gasteiger partial charge in [0, 0.05) is 0 Å². The lowest BCUT2D eigenvalue weighted by Crippen LogP contribution is -2.36. The molecule has 3 rings (SSSR count). The van der Waals surface area contributed by atoms with Crippen molar-refractivity contribution in [3.05, 3.63) is 40.7 Å². The first-order valence-corrected chi connectivity index (χ1v) is 7.83. The van der Waals surface area contributed by atoms with E-state index in [1.54, 1.807) is 0 Å². The van der Waals surface area contributed by atoms with E-state index in [-0.39, 0.29) is 17.3 Å². The third kappa shape index (κ3) is 2.73. The number of benzene rings is 1. The lowest BCUT2D eigenvalue weighted by Gasteiger charge is -2.32.